The van der Waals surface area contributed by atoms with E-state index in [9.17, 15) is 0 Å². The molecular weight excluding hydrogens is 1230 g/mol. The maximum atomic E-state index is 5.51. The Bertz CT molecular complexity index is 6550. The molecule has 22 aromatic rings. The molecule has 0 bridgehead atoms. The first-order chi connectivity index (χ1) is 49.6. The van der Waals surface area contributed by atoms with Crippen LogP contribution in [0.2, 0.25) is 0 Å². The molecule has 0 aliphatic carbocycles. The summed E-state index contributed by atoms with van der Waals surface area (Å²) in [5, 5.41) is 9.88. The molecule has 10 aromatic heterocycles. The molecule has 0 amide bonds. The van der Waals surface area contributed by atoms with Gasteiger partial charge in [0, 0.05) is 89.9 Å². The van der Waals surface area contributed by atoms with Gasteiger partial charge in [0.15, 0.2) is 0 Å². The van der Waals surface area contributed by atoms with Gasteiger partial charge in [0.2, 0.25) is 0 Å². The summed E-state index contributed by atoms with van der Waals surface area (Å²) in [5.41, 5.74) is 25.0. The van der Waals surface area contributed by atoms with Gasteiger partial charge in [0.1, 0.15) is 18.3 Å². The van der Waals surface area contributed by atoms with E-state index in [1.165, 1.54) is 76.2 Å². The third-order valence-electron chi connectivity index (χ3n) is 20.0. The molecule has 0 saturated heterocycles. The summed E-state index contributed by atoms with van der Waals surface area (Å²) in [6.07, 6.45) is 9.00. The van der Waals surface area contributed by atoms with E-state index in [1.54, 1.807) is 12.5 Å². The lowest BCUT2D eigenvalue weighted by molar-refractivity contribution is 0.596. The van der Waals surface area contributed by atoms with Crippen molar-refractivity contribution in [2.24, 2.45) is 0 Å². The molecule has 0 unspecified atom stereocenters. The van der Waals surface area contributed by atoms with Gasteiger partial charge in [-0.3, -0.25) is 18.4 Å². The van der Waals surface area contributed by atoms with E-state index in [1.807, 2.05) is 39.5 Å². The Labute approximate surface area is 569 Å². The Balaban J connectivity index is 0.000000131. The zero-order valence-corrected chi connectivity index (χ0v) is 53.5. The number of hydrogen-bond acceptors (Lipinski definition) is 6. The summed E-state index contributed by atoms with van der Waals surface area (Å²) in [6, 6.07) is 106. The maximum absolute atomic E-state index is 5.51. The van der Waals surface area contributed by atoms with E-state index in [4.69, 9.17) is 18.8 Å². The molecule has 12 nitrogen and oxygen atoms in total. The number of fused-ring (bicyclic) bond motifs is 18. The van der Waals surface area contributed by atoms with Crippen LogP contribution in [0.3, 0.4) is 0 Å². The van der Waals surface area contributed by atoms with E-state index in [2.05, 4.69) is 313 Å². The third-order valence-corrected chi connectivity index (χ3v) is 20.0. The monoisotopic (exact) mass is 1280 g/mol. The molecule has 100 heavy (non-hydrogen) atoms. The van der Waals surface area contributed by atoms with Crippen molar-refractivity contribution in [1.82, 2.24) is 47.0 Å². The second kappa shape index (κ2) is 21.8. The molecule has 0 spiro atoms. The molecule has 10 heterocycles. The molecule has 468 valence electrons. The van der Waals surface area contributed by atoms with E-state index in [0.29, 0.717) is 11.7 Å². The van der Waals surface area contributed by atoms with Crippen LogP contribution in [-0.2, 0) is 0 Å². The average Bonchev–Trinajstić information content (AvgIpc) is 1.58. The summed E-state index contributed by atoms with van der Waals surface area (Å²) in [5.74, 6) is 2.07. The highest BCUT2D eigenvalue weighted by Crippen LogP contribution is 2.41. The molecule has 12 heteroatoms. The predicted molar refractivity (Wildman–Crippen MR) is 405 cm³/mol. The number of hydrogen-bond donors (Lipinski definition) is 0. The van der Waals surface area contributed by atoms with E-state index in [-0.39, 0.29) is 0 Å². The number of aromatic nitrogens is 10. The van der Waals surface area contributed by atoms with E-state index < -0.39 is 0 Å². The zero-order chi connectivity index (χ0) is 65.5. The normalized spacial score (nSPS) is 12.0. The smallest absolute Gasteiger partial charge is 0.306 e. The lowest BCUT2D eigenvalue weighted by Crippen LogP contribution is -1.99. The molecule has 0 fully saturated rings. The molecule has 0 radical (unpaired) electrons. The van der Waals surface area contributed by atoms with Crippen molar-refractivity contribution >= 4 is 121 Å². The zero-order valence-electron chi connectivity index (χ0n) is 53.5. The summed E-state index contributed by atoms with van der Waals surface area (Å²) >= 11 is 0. The molecule has 22 rings (SSSR count). The van der Waals surface area contributed by atoms with Crippen LogP contribution in [-0.4, -0.2) is 47.0 Å². The van der Waals surface area contributed by atoms with Crippen molar-refractivity contribution in [2.75, 3.05) is 0 Å². The third kappa shape index (κ3) is 8.60. The lowest BCUT2D eigenvalue weighted by Gasteiger charge is -2.12. The van der Waals surface area contributed by atoms with E-state index >= 15 is 0 Å². The van der Waals surface area contributed by atoms with Crippen molar-refractivity contribution in [3.8, 4) is 67.6 Å². The fourth-order valence-corrected chi connectivity index (χ4v) is 15.5. The standard InChI is InChI=1S/2C44H27N5O/c1-4-15-38-32(11-1)33-12-2-5-16-39(33)48(38)31-20-22-41-35(27-31)34-13-3-6-17-40(34)49(41)43-18-8-14-36(45-43)30-10-7-9-28(25-30)29-19-21-37-42(26-29)47-23-24-50-44(47)46-37;1-4-13-39-33(10-1)34-11-2-5-14-40(34)49(39)32-17-19-42-36(27-32)35-12-3-6-15-41(35)48(42)31-9-7-8-28(24-31)29-20-21-45-38(25-29)30-16-18-37-43(26-30)47-22-23-50-44(47)46-37/h2*1-27H. The number of oxazole rings is 2. The number of pyridine rings is 2. The minimum absolute atomic E-state index is 0.587. The number of para-hydroxylation sites is 6. The van der Waals surface area contributed by atoms with Gasteiger partial charge in [-0.05, 0) is 162 Å². The van der Waals surface area contributed by atoms with Crippen molar-refractivity contribution in [1.29, 1.82) is 0 Å². The molecule has 0 aliphatic rings. The Hall–Kier alpha value is -13.8. The first kappa shape index (κ1) is 55.4. The molecule has 0 aliphatic heterocycles. The highest BCUT2D eigenvalue weighted by molar-refractivity contribution is 6.14. The topological polar surface area (TPSA) is 106 Å². The van der Waals surface area contributed by atoms with Gasteiger partial charge in [-0.25, -0.2) is 4.98 Å². The molecular formula is C88H54N10O2. The Morgan fingerprint density at radius 1 is 0.240 bits per heavy atom. The Kier molecular flexibility index (Phi) is 12.1. The quantitative estimate of drug-likeness (QED) is 0.150. The van der Waals surface area contributed by atoms with Gasteiger partial charge in [-0.15, -0.1) is 0 Å². The first-order valence-electron chi connectivity index (χ1n) is 33.5. The highest BCUT2D eigenvalue weighted by Gasteiger charge is 2.21. The van der Waals surface area contributed by atoms with Crippen LogP contribution in [0.5, 0.6) is 0 Å². The minimum atomic E-state index is 0.587. The number of nitrogens with zero attached hydrogens (tertiary/aromatic N) is 10. The van der Waals surface area contributed by atoms with Crippen molar-refractivity contribution in [2.45, 2.75) is 0 Å². The number of benzene rings is 12. The summed E-state index contributed by atoms with van der Waals surface area (Å²) < 4.78 is 24.4. The highest BCUT2D eigenvalue weighted by atomic mass is 16.3. The first-order valence-corrected chi connectivity index (χ1v) is 33.5. The van der Waals surface area contributed by atoms with Gasteiger partial charge in [-0.1, -0.05) is 158 Å². The van der Waals surface area contributed by atoms with Crippen molar-refractivity contribution in [3.05, 3.63) is 328 Å². The van der Waals surface area contributed by atoms with Gasteiger partial charge in [0.25, 0.3) is 0 Å². The molecule has 0 saturated carbocycles. The van der Waals surface area contributed by atoms with Crippen molar-refractivity contribution < 1.29 is 8.83 Å². The van der Waals surface area contributed by atoms with Gasteiger partial charge in [0.05, 0.1) is 77.6 Å². The fourth-order valence-electron chi connectivity index (χ4n) is 15.5. The molecule has 0 atom stereocenters. The van der Waals surface area contributed by atoms with Gasteiger partial charge < -0.3 is 22.5 Å². The van der Waals surface area contributed by atoms with Gasteiger partial charge >= 0.3 is 11.7 Å². The fraction of sp³-hybridized carbons (Fsp3) is 0. The Morgan fingerprint density at radius 2 is 0.640 bits per heavy atom. The maximum Gasteiger partial charge on any atom is 0.306 e. The second-order valence-electron chi connectivity index (χ2n) is 25.5. The minimum Gasteiger partial charge on any atom is -0.432 e. The largest absolute Gasteiger partial charge is 0.432 e. The molecule has 12 aromatic carbocycles. The van der Waals surface area contributed by atoms with Crippen LogP contribution in [0.15, 0.2) is 337 Å². The van der Waals surface area contributed by atoms with Crippen LogP contribution in [0.1, 0.15) is 0 Å². The SMILES string of the molecule is c1cc(-c2ccc3nc4occn4c3c2)cc(-c2cccc(-n3c4ccccc4c4cc(-n5c6ccccc6c6ccccc65)ccc43)n2)c1.c1cc(-c2ccnc(-c3ccc4nc5occn5c4c3)c2)cc(-n2c3ccccc3c3cc(-n4c5ccccc5c5ccccc54)ccc32)c1. The molecule has 0 N–H and O–H groups in total. The summed E-state index contributed by atoms with van der Waals surface area (Å²) in [6.45, 7) is 0. The van der Waals surface area contributed by atoms with Crippen LogP contribution < -0.4 is 0 Å². The number of imidazole rings is 2. The summed E-state index contributed by atoms with van der Waals surface area (Å²) in [4.78, 5) is 19.2. The van der Waals surface area contributed by atoms with Crippen LogP contribution in [0.25, 0.3) is 189 Å². The second-order valence-corrected chi connectivity index (χ2v) is 25.5. The predicted octanol–water partition coefficient (Wildman–Crippen LogP) is 22.0. The average molecular weight is 1280 g/mol. The van der Waals surface area contributed by atoms with Crippen LogP contribution >= 0.6 is 0 Å². The van der Waals surface area contributed by atoms with Gasteiger partial charge in [-0.2, -0.15) is 9.97 Å². The van der Waals surface area contributed by atoms with E-state index in [0.717, 1.165) is 101 Å². The van der Waals surface area contributed by atoms with Crippen molar-refractivity contribution in [3.63, 3.8) is 0 Å². The lowest BCUT2D eigenvalue weighted by atomic mass is 10.0. The Morgan fingerprint density at radius 3 is 1.19 bits per heavy atom. The van der Waals surface area contributed by atoms with Crippen LogP contribution in [0.4, 0.5) is 0 Å². The van der Waals surface area contributed by atoms with Crippen LogP contribution in [0, 0.1) is 0 Å². The summed E-state index contributed by atoms with van der Waals surface area (Å²) in [7, 11) is 0. The number of rotatable bonds is 8.